The number of benzene rings is 1. The van der Waals surface area contributed by atoms with Crippen molar-refractivity contribution in [3.8, 4) is 5.75 Å². The number of aliphatic carboxylic acids is 1. The van der Waals surface area contributed by atoms with Crippen LogP contribution in [0.1, 0.15) is 23.4 Å². The Bertz CT molecular complexity index is 1140. The van der Waals surface area contributed by atoms with Crippen LogP contribution < -0.4 is 4.74 Å². The Kier molecular flexibility index (Phi) is 4.73. The average molecular weight is 391 g/mol. The molecule has 3 rings (SSSR count). The van der Waals surface area contributed by atoms with Gasteiger partial charge in [-0.15, -0.1) is 0 Å². The van der Waals surface area contributed by atoms with Crippen molar-refractivity contribution in [2.24, 2.45) is 7.05 Å². The zero-order valence-corrected chi connectivity index (χ0v) is 16.4. The molecule has 8 nitrogen and oxygen atoms in total. The van der Waals surface area contributed by atoms with Gasteiger partial charge in [0.1, 0.15) is 10.6 Å². The third-order valence-electron chi connectivity index (χ3n) is 4.63. The maximum absolute atomic E-state index is 13.4. The van der Waals surface area contributed by atoms with E-state index in [1.54, 1.807) is 39.1 Å². The molecule has 1 N–H and O–H groups in total. The highest BCUT2D eigenvalue weighted by atomic mass is 32.2. The van der Waals surface area contributed by atoms with Gasteiger partial charge in [-0.1, -0.05) is 0 Å². The molecule has 0 bridgehead atoms. The fourth-order valence-corrected chi connectivity index (χ4v) is 5.04. The van der Waals surface area contributed by atoms with Crippen molar-refractivity contribution in [3.05, 3.63) is 41.3 Å². The Hall–Kier alpha value is -2.81. The first-order valence-corrected chi connectivity index (χ1v) is 9.76. The number of carboxylic acid groups (broad SMARTS) is 1. The molecule has 0 spiro atoms. The lowest BCUT2D eigenvalue weighted by atomic mass is 10.1. The summed E-state index contributed by atoms with van der Waals surface area (Å²) >= 11 is 0. The van der Waals surface area contributed by atoms with Gasteiger partial charge in [0.2, 0.25) is 0 Å². The topological polar surface area (TPSA) is 103 Å². The molecular formula is C18H21N3O5S. The normalized spacial score (nSPS) is 11.9. The average Bonchev–Trinajstić information content (AvgIpc) is 3.10. The van der Waals surface area contributed by atoms with Crippen LogP contribution in [0.25, 0.3) is 10.9 Å². The van der Waals surface area contributed by atoms with Crippen LogP contribution in [0.4, 0.5) is 0 Å². The van der Waals surface area contributed by atoms with Crippen molar-refractivity contribution in [2.45, 2.75) is 31.6 Å². The molecule has 9 heteroatoms. The molecule has 0 unspecified atom stereocenters. The second-order valence-corrected chi connectivity index (χ2v) is 8.11. The van der Waals surface area contributed by atoms with Crippen LogP contribution in [0.2, 0.25) is 0 Å². The first-order chi connectivity index (χ1) is 12.7. The molecule has 0 atom stereocenters. The molecule has 0 aliphatic rings. The Morgan fingerprint density at radius 2 is 2.00 bits per heavy atom. The van der Waals surface area contributed by atoms with Crippen molar-refractivity contribution < 1.29 is 23.1 Å². The number of nitrogens with zero attached hydrogens (tertiary/aromatic N) is 3. The number of ether oxygens (including phenoxy) is 1. The summed E-state index contributed by atoms with van der Waals surface area (Å²) in [6, 6.07) is 5.07. The molecule has 0 fully saturated rings. The van der Waals surface area contributed by atoms with Gasteiger partial charge < -0.3 is 9.84 Å². The molecule has 0 amide bonds. The van der Waals surface area contributed by atoms with E-state index in [0.29, 0.717) is 33.6 Å². The van der Waals surface area contributed by atoms with Gasteiger partial charge in [0, 0.05) is 25.1 Å². The fraction of sp³-hybridized carbons (Fsp3) is 0.333. The van der Waals surface area contributed by atoms with E-state index < -0.39 is 16.0 Å². The molecule has 0 aliphatic heterocycles. The third kappa shape index (κ3) is 3.18. The fourth-order valence-electron chi connectivity index (χ4n) is 3.24. The van der Waals surface area contributed by atoms with Crippen LogP contribution in [0, 0.1) is 13.8 Å². The summed E-state index contributed by atoms with van der Waals surface area (Å²) in [5.74, 6) is -0.372. The van der Waals surface area contributed by atoms with Crippen LogP contribution in [0.15, 0.2) is 29.3 Å². The predicted octanol–water partition coefficient (Wildman–Crippen LogP) is 2.25. The number of carbonyl (C=O) groups is 1. The molecule has 0 saturated heterocycles. The molecule has 27 heavy (non-hydrogen) atoms. The van der Waals surface area contributed by atoms with Gasteiger partial charge in [-0.2, -0.15) is 5.10 Å². The molecule has 0 radical (unpaired) electrons. The monoisotopic (exact) mass is 391 g/mol. The summed E-state index contributed by atoms with van der Waals surface area (Å²) in [4.78, 5) is 11.1. The lowest BCUT2D eigenvalue weighted by Crippen LogP contribution is -2.14. The number of aryl methyl sites for hydroxylation is 3. The molecule has 0 saturated carbocycles. The number of hydrogen-bond acceptors (Lipinski definition) is 5. The predicted molar refractivity (Wildman–Crippen MR) is 99.7 cm³/mol. The summed E-state index contributed by atoms with van der Waals surface area (Å²) in [5, 5.41) is 13.9. The first-order valence-electron chi connectivity index (χ1n) is 8.32. The van der Waals surface area contributed by atoms with Gasteiger partial charge >= 0.3 is 5.97 Å². The molecule has 3 aromatic rings. The SMILES string of the molecule is COc1ccc2c(c1)c(CCC(=O)O)cn2S(=O)(=O)c1c(C)nn(C)c1C. The lowest BCUT2D eigenvalue weighted by molar-refractivity contribution is -0.136. The van der Waals surface area contributed by atoms with Crippen molar-refractivity contribution in [3.63, 3.8) is 0 Å². The lowest BCUT2D eigenvalue weighted by Gasteiger charge is -2.08. The van der Waals surface area contributed by atoms with Crippen LogP contribution in [0.5, 0.6) is 5.75 Å². The van der Waals surface area contributed by atoms with E-state index in [1.807, 2.05) is 0 Å². The number of methoxy groups -OCH3 is 1. The van der Waals surface area contributed by atoms with Gasteiger partial charge in [-0.3, -0.25) is 9.48 Å². The summed E-state index contributed by atoms with van der Waals surface area (Å²) in [6.45, 7) is 3.35. The Morgan fingerprint density at radius 3 is 2.56 bits per heavy atom. The number of rotatable bonds is 6. The Balaban J connectivity index is 2.26. The second kappa shape index (κ2) is 6.73. The zero-order valence-electron chi connectivity index (χ0n) is 15.6. The van der Waals surface area contributed by atoms with Gasteiger partial charge in [0.25, 0.3) is 10.0 Å². The van der Waals surface area contributed by atoms with Crippen molar-refractivity contribution >= 4 is 26.9 Å². The van der Waals surface area contributed by atoms with Crippen LogP contribution in [-0.4, -0.2) is 40.4 Å². The number of carboxylic acids is 1. The largest absolute Gasteiger partial charge is 0.497 e. The van der Waals surface area contributed by atoms with Crippen LogP contribution in [0.3, 0.4) is 0 Å². The quantitative estimate of drug-likeness (QED) is 0.691. The zero-order chi connectivity index (χ0) is 19.9. The van der Waals surface area contributed by atoms with E-state index in [9.17, 15) is 13.2 Å². The smallest absolute Gasteiger partial charge is 0.303 e. The summed E-state index contributed by atoms with van der Waals surface area (Å²) < 4.78 is 34.7. The van der Waals surface area contributed by atoms with E-state index >= 15 is 0 Å². The van der Waals surface area contributed by atoms with Crippen molar-refractivity contribution in [1.82, 2.24) is 13.8 Å². The number of aromatic nitrogens is 3. The minimum Gasteiger partial charge on any atom is -0.497 e. The van der Waals surface area contributed by atoms with E-state index in [2.05, 4.69) is 5.10 Å². The number of fused-ring (bicyclic) bond motifs is 1. The molecule has 144 valence electrons. The first kappa shape index (κ1) is 19.0. The minimum atomic E-state index is -3.90. The molecule has 2 aromatic heterocycles. The van der Waals surface area contributed by atoms with E-state index in [-0.39, 0.29) is 17.7 Å². The van der Waals surface area contributed by atoms with Crippen LogP contribution >= 0.6 is 0 Å². The third-order valence-corrected chi connectivity index (χ3v) is 6.55. The maximum Gasteiger partial charge on any atom is 0.303 e. The molecule has 2 heterocycles. The van der Waals surface area contributed by atoms with Gasteiger partial charge in [-0.25, -0.2) is 12.4 Å². The van der Waals surface area contributed by atoms with Crippen molar-refractivity contribution in [1.29, 1.82) is 0 Å². The Labute approximate surface area is 157 Å². The standard InChI is InChI=1S/C18H21N3O5S/c1-11-18(12(2)20(3)19-11)27(24,25)21-10-13(5-8-17(22)23)15-9-14(26-4)6-7-16(15)21/h6-7,9-10H,5,8H2,1-4H3,(H,22,23). The van der Waals surface area contributed by atoms with E-state index in [1.165, 1.54) is 22.0 Å². The van der Waals surface area contributed by atoms with Gasteiger partial charge in [0.05, 0.1) is 24.0 Å². The second-order valence-electron chi connectivity index (χ2n) is 6.36. The van der Waals surface area contributed by atoms with Gasteiger partial charge in [-0.05, 0) is 44.0 Å². The molecular weight excluding hydrogens is 370 g/mol. The summed E-state index contributed by atoms with van der Waals surface area (Å²) in [7, 11) is -0.684. The van der Waals surface area contributed by atoms with E-state index in [0.717, 1.165) is 0 Å². The maximum atomic E-state index is 13.4. The highest BCUT2D eigenvalue weighted by Crippen LogP contribution is 2.31. The highest BCUT2D eigenvalue weighted by Gasteiger charge is 2.28. The summed E-state index contributed by atoms with van der Waals surface area (Å²) in [5.41, 5.74) is 2.06. The van der Waals surface area contributed by atoms with Crippen molar-refractivity contribution in [2.75, 3.05) is 7.11 Å². The molecule has 0 aliphatic carbocycles. The Morgan fingerprint density at radius 1 is 1.30 bits per heavy atom. The van der Waals surface area contributed by atoms with E-state index in [4.69, 9.17) is 9.84 Å². The summed E-state index contributed by atoms with van der Waals surface area (Å²) in [6.07, 6.45) is 1.61. The highest BCUT2D eigenvalue weighted by molar-refractivity contribution is 7.90. The van der Waals surface area contributed by atoms with Crippen LogP contribution in [-0.2, 0) is 28.3 Å². The number of hydrogen-bond donors (Lipinski definition) is 1. The minimum absolute atomic E-state index is 0.0959. The van der Waals surface area contributed by atoms with Gasteiger partial charge in [0.15, 0.2) is 0 Å². The molecule has 1 aromatic carbocycles.